The van der Waals surface area contributed by atoms with Gasteiger partial charge in [0.05, 0.1) is 4.90 Å². The van der Waals surface area contributed by atoms with E-state index in [1.165, 1.54) is 43.2 Å². The van der Waals surface area contributed by atoms with E-state index in [2.05, 4.69) is 9.71 Å². The highest BCUT2D eigenvalue weighted by Crippen LogP contribution is 2.33. The predicted octanol–water partition coefficient (Wildman–Crippen LogP) is 7.17. The summed E-state index contributed by atoms with van der Waals surface area (Å²) in [5.74, 6) is 0.981. The summed E-state index contributed by atoms with van der Waals surface area (Å²) in [5.41, 5.74) is 5.27. The van der Waals surface area contributed by atoms with Crippen LogP contribution in [0.1, 0.15) is 49.1 Å². The van der Waals surface area contributed by atoms with Crippen LogP contribution in [-0.4, -0.2) is 13.4 Å². The van der Waals surface area contributed by atoms with Gasteiger partial charge < -0.3 is 4.42 Å². The zero-order chi connectivity index (χ0) is 23.5. The van der Waals surface area contributed by atoms with Gasteiger partial charge in [-0.05, 0) is 61.6 Å². The van der Waals surface area contributed by atoms with Crippen molar-refractivity contribution in [1.82, 2.24) is 4.98 Å². The van der Waals surface area contributed by atoms with Crippen LogP contribution < -0.4 is 4.72 Å². The van der Waals surface area contributed by atoms with E-state index < -0.39 is 10.0 Å². The van der Waals surface area contributed by atoms with E-state index in [1.54, 1.807) is 36.6 Å². The molecule has 1 aliphatic rings. The molecular formula is C28H28N2O3S. The number of oxazole rings is 1. The van der Waals surface area contributed by atoms with Crippen molar-refractivity contribution >= 4 is 15.7 Å². The Morgan fingerprint density at radius 2 is 1.62 bits per heavy atom. The maximum absolute atomic E-state index is 13.0. The fourth-order valence-corrected chi connectivity index (χ4v) is 5.60. The predicted molar refractivity (Wildman–Crippen MR) is 135 cm³/mol. The molecule has 1 saturated carbocycles. The molecule has 1 aliphatic carbocycles. The Bertz CT molecular complexity index is 1370. The second-order valence-corrected chi connectivity index (χ2v) is 10.7. The Kier molecular flexibility index (Phi) is 6.24. The lowest BCUT2D eigenvalue weighted by atomic mass is 9.84. The number of nitrogens with one attached hydrogen (secondary N) is 1. The smallest absolute Gasteiger partial charge is 0.261 e. The average Bonchev–Trinajstić information content (AvgIpc) is 3.36. The van der Waals surface area contributed by atoms with Gasteiger partial charge in [-0.15, -0.1) is 0 Å². The van der Waals surface area contributed by atoms with Crippen LogP contribution in [0.3, 0.4) is 0 Å². The third kappa shape index (κ3) is 4.92. The molecular weight excluding hydrogens is 444 g/mol. The molecule has 4 aromatic rings. The maximum atomic E-state index is 13.0. The van der Waals surface area contributed by atoms with Crippen LogP contribution in [0, 0.1) is 6.92 Å². The normalized spacial score (nSPS) is 14.7. The Morgan fingerprint density at radius 3 is 2.35 bits per heavy atom. The molecule has 0 bridgehead atoms. The molecule has 1 aromatic heterocycles. The van der Waals surface area contributed by atoms with Crippen LogP contribution in [0.2, 0.25) is 0 Å². The van der Waals surface area contributed by atoms with E-state index >= 15 is 0 Å². The van der Waals surface area contributed by atoms with E-state index in [-0.39, 0.29) is 4.90 Å². The molecule has 1 N–H and O–H groups in total. The molecule has 1 fully saturated rings. The Hall–Kier alpha value is -3.38. The van der Waals surface area contributed by atoms with Crippen LogP contribution in [0.15, 0.2) is 88.4 Å². The standard InChI is InChI=1S/C28H28N2O3S/c1-20-10-12-23(13-11-20)27-19-33-28(29-27)24-8-5-9-25(18-24)30-34(31,32)26-16-14-22(15-17-26)21-6-3-2-4-7-21/h5,8-19,21,30H,2-4,6-7H2,1H3. The molecule has 0 atom stereocenters. The molecule has 0 aliphatic heterocycles. The lowest BCUT2D eigenvalue weighted by molar-refractivity contribution is 0.443. The van der Waals surface area contributed by atoms with Gasteiger partial charge in [-0.25, -0.2) is 13.4 Å². The molecule has 174 valence electrons. The quantitative estimate of drug-likeness (QED) is 0.323. The van der Waals surface area contributed by atoms with Gasteiger partial charge in [0.2, 0.25) is 5.89 Å². The van der Waals surface area contributed by atoms with Gasteiger partial charge in [0, 0.05) is 16.8 Å². The van der Waals surface area contributed by atoms with Crippen LogP contribution in [0.25, 0.3) is 22.7 Å². The summed E-state index contributed by atoms with van der Waals surface area (Å²) >= 11 is 0. The molecule has 1 heterocycles. The van der Waals surface area contributed by atoms with Gasteiger partial charge in [0.15, 0.2) is 0 Å². The first-order valence-electron chi connectivity index (χ1n) is 11.7. The highest BCUT2D eigenvalue weighted by atomic mass is 32.2. The molecule has 6 heteroatoms. The van der Waals surface area contributed by atoms with Gasteiger partial charge in [-0.1, -0.05) is 67.3 Å². The van der Waals surface area contributed by atoms with Crippen molar-refractivity contribution in [2.24, 2.45) is 0 Å². The molecule has 0 unspecified atom stereocenters. The van der Waals surface area contributed by atoms with E-state index in [1.807, 2.05) is 49.4 Å². The first kappa shape index (κ1) is 22.4. The summed E-state index contributed by atoms with van der Waals surface area (Å²) in [4.78, 5) is 4.85. The average molecular weight is 473 g/mol. The SMILES string of the molecule is Cc1ccc(-c2coc(-c3cccc(NS(=O)(=O)c4ccc(C5CCCCC5)cc4)c3)n2)cc1. The lowest BCUT2D eigenvalue weighted by Gasteiger charge is -2.22. The number of aromatic nitrogens is 1. The third-order valence-corrected chi connectivity index (χ3v) is 7.88. The molecule has 0 amide bonds. The fraction of sp³-hybridized carbons (Fsp3) is 0.250. The highest BCUT2D eigenvalue weighted by Gasteiger charge is 2.19. The molecule has 0 radical (unpaired) electrons. The topological polar surface area (TPSA) is 72.2 Å². The number of sulfonamides is 1. The van der Waals surface area contributed by atoms with E-state index in [9.17, 15) is 8.42 Å². The van der Waals surface area contributed by atoms with Gasteiger partial charge in [0.25, 0.3) is 10.0 Å². The summed E-state index contributed by atoms with van der Waals surface area (Å²) in [5, 5.41) is 0. The van der Waals surface area contributed by atoms with Gasteiger partial charge in [-0.2, -0.15) is 0 Å². The number of anilines is 1. The Labute approximate surface area is 200 Å². The molecule has 0 spiro atoms. The zero-order valence-electron chi connectivity index (χ0n) is 19.2. The molecule has 34 heavy (non-hydrogen) atoms. The minimum atomic E-state index is -3.70. The minimum Gasteiger partial charge on any atom is -0.444 e. The van der Waals surface area contributed by atoms with Crippen molar-refractivity contribution in [2.75, 3.05) is 4.72 Å². The zero-order valence-corrected chi connectivity index (χ0v) is 20.0. The molecule has 5 rings (SSSR count). The molecule has 5 nitrogen and oxygen atoms in total. The van der Waals surface area contributed by atoms with Crippen molar-refractivity contribution in [3.05, 3.63) is 90.2 Å². The molecule has 0 saturated heterocycles. The van der Waals surface area contributed by atoms with Crippen molar-refractivity contribution in [3.63, 3.8) is 0 Å². The van der Waals surface area contributed by atoms with E-state index in [0.717, 1.165) is 11.3 Å². The summed E-state index contributed by atoms with van der Waals surface area (Å²) in [6, 6.07) is 22.5. The van der Waals surface area contributed by atoms with Crippen molar-refractivity contribution in [1.29, 1.82) is 0 Å². The molecule has 3 aromatic carbocycles. The third-order valence-electron chi connectivity index (χ3n) is 6.48. The van der Waals surface area contributed by atoms with Crippen LogP contribution in [-0.2, 0) is 10.0 Å². The second-order valence-electron chi connectivity index (χ2n) is 8.99. The number of benzene rings is 3. The van der Waals surface area contributed by atoms with Gasteiger partial charge in [0.1, 0.15) is 12.0 Å². The first-order valence-corrected chi connectivity index (χ1v) is 13.2. The van der Waals surface area contributed by atoms with Crippen LogP contribution in [0.4, 0.5) is 5.69 Å². The number of rotatable bonds is 6. The van der Waals surface area contributed by atoms with Gasteiger partial charge >= 0.3 is 0 Å². The van der Waals surface area contributed by atoms with E-state index in [0.29, 0.717) is 23.1 Å². The number of nitrogens with zero attached hydrogens (tertiary/aromatic N) is 1. The van der Waals surface area contributed by atoms with Crippen molar-refractivity contribution < 1.29 is 12.8 Å². The number of hydrogen-bond acceptors (Lipinski definition) is 4. The monoisotopic (exact) mass is 472 g/mol. The van der Waals surface area contributed by atoms with E-state index in [4.69, 9.17) is 4.42 Å². The minimum absolute atomic E-state index is 0.259. The van der Waals surface area contributed by atoms with Crippen LogP contribution in [0.5, 0.6) is 0 Å². The Morgan fingerprint density at radius 1 is 0.882 bits per heavy atom. The second kappa shape index (κ2) is 9.47. The summed E-state index contributed by atoms with van der Waals surface area (Å²) in [7, 11) is -3.70. The summed E-state index contributed by atoms with van der Waals surface area (Å²) in [6.07, 6.45) is 7.78. The largest absolute Gasteiger partial charge is 0.444 e. The van der Waals surface area contributed by atoms with Crippen LogP contribution >= 0.6 is 0 Å². The lowest BCUT2D eigenvalue weighted by Crippen LogP contribution is -2.13. The first-order chi connectivity index (χ1) is 16.5. The summed E-state index contributed by atoms with van der Waals surface area (Å²) < 4.78 is 34.4. The summed E-state index contributed by atoms with van der Waals surface area (Å²) in [6.45, 7) is 2.04. The highest BCUT2D eigenvalue weighted by molar-refractivity contribution is 7.92. The van der Waals surface area contributed by atoms with Crippen molar-refractivity contribution in [2.45, 2.75) is 49.8 Å². The number of aryl methyl sites for hydroxylation is 1. The number of hydrogen-bond donors (Lipinski definition) is 1. The maximum Gasteiger partial charge on any atom is 0.261 e. The van der Waals surface area contributed by atoms with Crippen molar-refractivity contribution in [3.8, 4) is 22.7 Å². The fourth-order valence-electron chi connectivity index (χ4n) is 4.55. The Balaban J connectivity index is 1.33. The van der Waals surface area contributed by atoms with Gasteiger partial charge in [-0.3, -0.25) is 4.72 Å².